The minimum Gasteiger partial charge on any atom is -0.493 e. The molecule has 0 radical (unpaired) electrons. The molecule has 198 valence electrons. The lowest BCUT2D eigenvalue weighted by molar-refractivity contribution is -0.115. The molecule has 0 bridgehead atoms. The molecule has 10 nitrogen and oxygen atoms in total. The molecule has 3 heterocycles. The Kier molecular flexibility index (Phi) is 7.69. The summed E-state index contributed by atoms with van der Waals surface area (Å²) < 4.78 is 10.7. The van der Waals surface area contributed by atoms with E-state index in [0.29, 0.717) is 57.8 Å². The third-order valence-electron chi connectivity index (χ3n) is 6.80. The topological polar surface area (TPSA) is 118 Å². The average Bonchev–Trinajstić information content (AvgIpc) is 3.41. The number of nitrogens with one attached hydrogen (secondary N) is 3. The van der Waals surface area contributed by atoms with Crippen molar-refractivity contribution in [2.24, 2.45) is 0 Å². The van der Waals surface area contributed by atoms with Gasteiger partial charge in [0.25, 0.3) is 5.91 Å². The molecule has 2 aliphatic heterocycles. The fraction of sp³-hybridized carbons (Fsp3) is 0.357. The third kappa shape index (κ3) is 5.70. The number of rotatable bonds is 9. The number of benzene rings is 2. The third-order valence-corrected chi connectivity index (χ3v) is 6.80. The number of aromatic nitrogens is 2. The number of likely N-dealkylation sites (tertiary alicyclic amines) is 1. The molecule has 10 heteroatoms. The number of anilines is 3. The molecule has 1 aromatic heterocycles. The van der Waals surface area contributed by atoms with Crippen LogP contribution in [0.1, 0.15) is 35.2 Å². The van der Waals surface area contributed by atoms with Gasteiger partial charge in [-0.05, 0) is 69.2 Å². The van der Waals surface area contributed by atoms with Gasteiger partial charge in [0.1, 0.15) is 0 Å². The van der Waals surface area contributed by atoms with Crippen molar-refractivity contribution in [2.75, 3.05) is 51.0 Å². The largest absolute Gasteiger partial charge is 0.493 e. The molecule has 0 aliphatic carbocycles. The van der Waals surface area contributed by atoms with Gasteiger partial charge in [-0.1, -0.05) is 0 Å². The summed E-state index contributed by atoms with van der Waals surface area (Å²) in [5.41, 5.74) is 3.79. The summed E-state index contributed by atoms with van der Waals surface area (Å²) in [5.74, 6) is 1.23. The van der Waals surface area contributed by atoms with Crippen LogP contribution in [0.4, 0.5) is 17.3 Å². The lowest BCUT2D eigenvalue weighted by Crippen LogP contribution is -2.28. The number of hydrogen-bond donors (Lipinski definition) is 3. The second-order valence-corrected chi connectivity index (χ2v) is 9.41. The van der Waals surface area contributed by atoms with Crippen molar-refractivity contribution in [3.8, 4) is 22.8 Å². The SMILES string of the molecule is COc1ccc(Nc2ncc3c(n2)-c2cc(C(=O)NCCCN4CCCC4)ccc2NC(=O)C3)cc1OC. The first-order valence-corrected chi connectivity index (χ1v) is 12.8. The normalized spacial score (nSPS) is 14.6. The Labute approximate surface area is 221 Å². The molecule has 2 aliphatic rings. The van der Waals surface area contributed by atoms with Gasteiger partial charge in [0.05, 0.1) is 32.0 Å². The second-order valence-electron chi connectivity index (χ2n) is 9.41. The molecule has 0 atom stereocenters. The Morgan fingerprint density at radius 1 is 1.08 bits per heavy atom. The molecule has 1 fully saturated rings. The van der Waals surface area contributed by atoms with Crippen molar-refractivity contribution in [1.82, 2.24) is 20.2 Å². The van der Waals surface area contributed by atoms with E-state index in [1.54, 1.807) is 50.7 Å². The first-order valence-electron chi connectivity index (χ1n) is 12.8. The van der Waals surface area contributed by atoms with E-state index in [2.05, 4.69) is 25.8 Å². The Bertz CT molecular complexity index is 1340. The molecule has 0 saturated carbocycles. The number of fused-ring (bicyclic) bond motifs is 3. The molecule has 3 N–H and O–H groups in total. The lowest BCUT2D eigenvalue weighted by Gasteiger charge is -2.15. The summed E-state index contributed by atoms with van der Waals surface area (Å²) in [4.78, 5) is 37.0. The Balaban J connectivity index is 1.37. The van der Waals surface area contributed by atoms with Crippen molar-refractivity contribution in [3.63, 3.8) is 0 Å². The van der Waals surface area contributed by atoms with Crippen LogP contribution in [0.15, 0.2) is 42.6 Å². The summed E-state index contributed by atoms with van der Waals surface area (Å²) in [7, 11) is 3.15. The number of methoxy groups -OCH3 is 2. The number of nitrogens with zero attached hydrogens (tertiary/aromatic N) is 3. The van der Waals surface area contributed by atoms with E-state index < -0.39 is 0 Å². The summed E-state index contributed by atoms with van der Waals surface area (Å²) in [5, 5.41) is 9.13. The molecular formula is C28H32N6O4. The number of amides is 2. The maximum atomic E-state index is 12.9. The first kappa shape index (κ1) is 25.5. The van der Waals surface area contributed by atoms with Crippen molar-refractivity contribution in [1.29, 1.82) is 0 Å². The van der Waals surface area contributed by atoms with E-state index in [1.807, 2.05) is 6.07 Å². The maximum Gasteiger partial charge on any atom is 0.251 e. The summed E-state index contributed by atoms with van der Waals surface area (Å²) in [6, 6.07) is 10.7. The monoisotopic (exact) mass is 516 g/mol. The van der Waals surface area contributed by atoms with Gasteiger partial charge in [0.15, 0.2) is 11.5 Å². The van der Waals surface area contributed by atoms with Crippen LogP contribution < -0.4 is 25.4 Å². The van der Waals surface area contributed by atoms with E-state index in [0.717, 1.165) is 26.1 Å². The van der Waals surface area contributed by atoms with Crippen LogP contribution in [0.2, 0.25) is 0 Å². The minimum absolute atomic E-state index is 0.138. The van der Waals surface area contributed by atoms with Gasteiger partial charge in [-0.2, -0.15) is 0 Å². The predicted molar refractivity (Wildman–Crippen MR) is 145 cm³/mol. The maximum absolute atomic E-state index is 12.9. The van der Waals surface area contributed by atoms with Crippen LogP contribution in [0.3, 0.4) is 0 Å². The number of hydrogen-bond acceptors (Lipinski definition) is 8. The van der Waals surface area contributed by atoms with Crippen LogP contribution in [0.5, 0.6) is 11.5 Å². The molecule has 5 rings (SSSR count). The van der Waals surface area contributed by atoms with Gasteiger partial charge in [-0.3, -0.25) is 9.59 Å². The predicted octanol–water partition coefficient (Wildman–Crippen LogP) is 3.61. The quantitative estimate of drug-likeness (QED) is 0.369. The zero-order chi connectivity index (χ0) is 26.5. The molecule has 0 unspecified atom stereocenters. The molecule has 2 aromatic carbocycles. The Morgan fingerprint density at radius 3 is 2.68 bits per heavy atom. The molecule has 2 amide bonds. The van der Waals surface area contributed by atoms with Crippen molar-refractivity contribution >= 4 is 29.1 Å². The number of carbonyl (C=O) groups excluding carboxylic acids is 2. The second kappa shape index (κ2) is 11.5. The number of ether oxygens (including phenoxy) is 2. The summed E-state index contributed by atoms with van der Waals surface area (Å²) >= 11 is 0. The highest BCUT2D eigenvalue weighted by Crippen LogP contribution is 2.35. The van der Waals surface area contributed by atoms with Crippen LogP contribution in [-0.4, -0.2) is 67.1 Å². The first-order chi connectivity index (χ1) is 18.5. The van der Waals surface area contributed by atoms with E-state index >= 15 is 0 Å². The van der Waals surface area contributed by atoms with Gasteiger partial charge in [-0.25, -0.2) is 9.97 Å². The number of carbonyl (C=O) groups is 2. The average molecular weight is 517 g/mol. The summed E-state index contributed by atoms with van der Waals surface area (Å²) in [6.07, 6.45) is 5.21. The zero-order valence-electron chi connectivity index (χ0n) is 21.7. The minimum atomic E-state index is -0.159. The van der Waals surface area contributed by atoms with Crippen LogP contribution >= 0.6 is 0 Å². The molecular weight excluding hydrogens is 484 g/mol. The highest BCUT2D eigenvalue weighted by Gasteiger charge is 2.23. The summed E-state index contributed by atoms with van der Waals surface area (Å²) in [6.45, 7) is 3.90. The van der Waals surface area contributed by atoms with Gasteiger partial charge >= 0.3 is 0 Å². The van der Waals surface area contributed by atoms with E-state index in [1.165, 1.54) is 12.8 Å². The zero-order valence-corrected chi connectivity index (χ0v) is 21.7. The van der Waals surface area contributed by atoms with Crippen LogP contribution in [-0.2, 0) is 11.2 Å². The fourth-order valence-electron chi connectivity index (χ4n) is 4.84. The van der Waals surface area contributed by atoms with Gasteiger partial charge in [-0.15, -0.1) is 0 Å². The molecule has 38 heavy (non-hydrogen) atoms. The van der Waals surface area contributed by atoms with Gasteiger partial charge < -0.3 is 30.3 Å². The highest BCUT2D eigenvalue weighted by atomic mass is 16.5. The lowest BCUT2D eigenvalue weighted by atomic mass is 10.0. The smallest absolute Gasteiger partial charge is 0.251 e. The van der Waals surface area contributed by atoms with Crippen molar-refractivity contribution < 1.29 is 19.1 Å². The van der Waals surface area contributed by atoms with Gasteiger partial charge in [0.2, 0.25) is 11.9 Å². The van der Waals surface area contributed by atoms with Crippen LogP contribution in [0.25, 0.3) is 11.3 Å². The Hall–Kier alpha value is -4.18. The highest BCUT2D eigenvalue weighted by molar-refractivity contribution is 6.03. The van der Waals surface area contributed by atoms with Crippen molar-refractivity contribution in [3.05, 3.63) is 53.7 Å². The fourth-order valence-corrected chi connectivity index (χ4v) is 4.84. The van der Waals surface area contributed by atoms with E-state index in [-0.39, 0.29) is 18.2 Å². The van der Waals surface area contributed by atoms with E-state index in [9.17, 15) is 9.59 Å². The van der Waals surface area contributed by atoms with Gasteiger partial charge in [0, 0.05) is 41.2 Å². The molecule has 1 saturated heterocycles. The molecule has 0 spiro atoms. The van der Waals surface area contributed by atoms with E-state index in [4.69, 9.17) is 14.5 Å². The Morgan fingerprint density at radius 2 is 1.89 bits per heavy atom. The van der Waals surface area contributed by atoms with Crippen molar-refractivity contribution in [2.45, 2.75) is 25.7 Å². The molecule has 3 aromatic rings. The standard InChI is InChI=1S/C28H32N6O4/c1-37-23-9-7-20(16-24(23)38-2)31-28-30-17-19-15-25(35)32-22-8-6-18(14-21(22)26(19)33-28)27(36)29-10-5-13-34-11-3-4-12-34/h6-9,14,16-17H,3-5,10-13,15H2,1-2H3,(H,29,36)(H,32,35)(H,30,31,33). The van der Waals surface area contributed by atoms with Crippen LogP contribution in [0, 0.1) is 0 Å².